The van der Waals surface area contributed by atoms with Gasteiger partial charge in [0.2, 0.25) is 5.78 Å². The summed E-state index contributed by atoms with van der Waals surface area (Å²) >= 11 is 0. The summed E-state index contributed by atoms with van der Waals surface area (Å²) in [7, 11) is 0. The fraction of sp³-hybridized carbons (Fsp3) is 0.312. The maximum absolute atomic E-state index is 12.3. The fourth-order valence-electron chi connectivity index (χ4n) is 1.66. The number of carbonyl (C=O) groups is 3. The molecule has 1 N–H and O–H groups in total. The van der Waals surface area contributed by atoms with Gasteiger partial charge in [0.15, 0.2) is 11.8 Å². The van der Waals surface area contributed by atoms with E-state index < -0.39 is 23.9 Å². The molecule has 0 aliphatic carbocycles. The molecule has 0 saturated heterocycles. The third kappa shape index (κ3) is 5.05. The van der Waals surface area contributed by atoms with Crippen LogP contribution in [0.4, 0.5) is 4.79 Å². The van der Waals surface area contributed by atoms with E-state index in [1.54, 1.807) is 30.3 Å². The first kappa shape index (κ1) is 17.4. The summed E-state index contributed by atoms with van der Waals surface area (Å²) in [5.41, 5.74) is -0.917. The van der Waals surface area contributed by atoms with Crippen LogP contribution in [0.1, 0.15) is 31.1 Å². The van der Waals surface area contributed by atoms with E-state index in [9.17, 15) is 14.4 Å². The lowest BCUT2D eigenvalue weighted by atomic mass is 9.97. The highest BCUT2D eigenvalue weighted by Crippen LogP contribution is 2.17. The number of hydrogen-bond donors (Lipinski definition) is 1. The minimum absolute atomic E-state index is 0.334. The number of ketones is 1. The first-order valence-electron chi connectivity index (χ1n) is 6.68. The zero-order valence-electron chi connectivity index (χ0n) is 12.8. The van der Waals surface area contributed by atoms with Crippen LogP contribution < -0.4 is 5.32 Å². The molecule has 1 aromatic rings. The molecule has 0 bridgehead atoms. The average Bonchev–Trinajstić information content (AvgIpc) is 2.46. The number of esters is 1. The lowest BCUT2D eigenvalue weighted by Crippen LogP contribution is -2.44. The van der Waals surface area contributed by atoms with Gasteiger partial charge >= 0.3 is 12.1 Å². The number of amides is 1. The molecule has 0 spiro atoms. The molecule has 0 radical (unpaired) electrons. The van der Waals surface area contributed by atoms with E-state index in [0.717, 1.165) is 6.08 Å². The summed E-state index contributed by atoms with van der Waals surface area (Å²) in [6.07, 6.45) is -0.786. The van der Waals surface area contributed by atoms with Gasteiger partial charge in [0.05, 0.1) is 0 Å². The molecule has 1 amide bonds. The maximum atomic E-state index is 12.3. The van der Waals surface area contributed by atoms with Gasteiger partial charge in [-0.05, 0) is 20.8 Å². The summed E-state index contributed by atoms with van der Waals surface area (Å²) < 4.78 is 9.90. The second-order valence-electron chi connectivity index (χ2n) is 5.02. The fourth-order valence-corrected chi connectivity index (χ4v) is 1.66. The first-order chi connectivity index (χ1) is 10.3. The van der Waals surface area contributed by atoms with E-state index in [2.05, 4.69) is 11.9 Å². The molecule has 1 aromatic carbocycles. The summed E-state index contributed by atoms with van der Waals surface area (Å²) in [4.78, 5) is 35.1. The molecule has 6 nitrogen and oxygen atoms in total. The summed E-state index contributed by atoms with van der Waals surface area (Å²) in [6, 6.07) is 8.51. The number of benzene rings is 1. The predicted molar refractivity (Wildman–Crippen MR) is 80.2 cm³/mol. The molecule has 22 heavy (non-hydrogen) atoms. The normalized spacial score (nSPS) is 12.0. The minimum atomic E-state index is -1.35. The molecule has 118 valence electrons. The predicted octanol–water partition coefficient (Wildman–Crippen LogP) is 2.45. The Morgan fingerprint density at radius 3 is 2.36 bits per heavy atom. The van der Waals surface area contributed by atoms with Crippen molar-refractivity contribution in [1.29, 1.82) is 0 Å². The number of ether oxygens (including phenoxy) is 2. The molecule has 0 saturated carbocycles. The van der Waals surface area contributed by atoms with Crippen LogP contribution in [0, 0.1) is 0 Å². The molecular formula is C16H19NO5. The van der Waals surface area contributed by atoms with Crippen molar-refractivity contribution in [2.45, 2.75) is 32.6 Å². The monoisotopic (exact) mass is 305 g/mol. The molecule has 0 heterocycles. The molecule has 0 aromatic heterocycles. The van der Waals surface area contributed by atoms with Gasteiger partial charge in [-0.3, -0.25) is 10.1 Å². The van der Waals surface area contributed by atoms with Crippen LogP contribution in [0.25, 0.3) is 0 Å². The Kier molecular flexibility index (Phi) is 5.86. The van der Waals surface area contributed by atoms with Crippen LogP contribution in [0.2, 0.25) is 0 Å². The maximum Gasteiger partial charge on any atom is 0.410 e. The number of rotatable bonds is 6. The van der Waals surface area contributed by atoms with E-state index >= 15 is 0 Å². The van der Waals surface area contributed by atoms with Crippen LogP contribution in [0.3, 0.4) is 0 Å². The number of carbonyl (C=O) groups excluding carboxylic acids is 3. The van der Waals surface area contributed by atoms with Gasteiger partial charge in [0.1, 0.15) is 0 Å². The van der Waals surface area contributed by atoms with E-state index in [4.69, 9.17) is 9.47 Å². The lowest BCUT2D eigenvalue weighted by Gasteiger charge is -2.24. The number of nitrogens with one attached hydrogen (secondary N) is 1. The number of hydrogen-bond acceptors (Lipinski definition) is 5. The zero-order valence-corrected chi connectivity index (χ0v) is 12.8. The van der Waals surface area contributed by atoms with Crippen LogP contribution in [-0.4, -0.2) is 29.7 Å². The standard InChI is InChI=1S/C16H19NO5/c1-5-13(18)21-11(2)17-15(20)22-16(3,4)14(19)12-9-7-6-8-10-12/h5-11H,1H2,2-4H3,(H,17,20). The molecule has 6 heteroatoms. The van der Waals surface area contributed by atoms with Crippen LogP contribution in [-0.2, 0) is 14.3 Å². The second kappa shape index (κ2) is 7.40. The van der Waals surface area contributed by atoms with Crippen molar-refractivity contribution in [2.24, 2.45) is 0 Å². The van der Waals surface area contributed by atoms with Gasteiger partial charge in [-0.2, -0.15) is 0 Å². The minimum Gasteiger partial charge on any atom is -0.439 e. The van der Waals surface area contributed by atoms with Crippen molar-refractivity contribution < 1.29 is 23.9 Å². The van der Waals surface area contributed by atoms with Gasteiger partial charge < -0.3 is 9.47 Å². The Bertz CT molecular complexity index is 565. The molecular weight excluding hydrogens is 286 g/mol. The largest absolute Gasteiger partial charge is 0.439 e. The van der Waals surface area contributed by atoms with Crippen LogP contribution in [0.5, 0.6) is 0 Å². The van der Waals surface area contributed by atoms with Crippen molar-refractivity contribution in [3.05, 3.63) is 48.6 Å². The Hall–Kier alpha value is -2.63. The molecule has 1 rings (SSSR count). The Balaban J connectivity index is 2.64. The van der Waals surface area contributed by atoms with Gasteiger partial charge in [0, 0.05) is 11.6 Å². The molecule has 0 aliphatic rings. The van der Waals surface area contributed by atoms with Crippen molar-refractivity contribution in [2.75, 3.05) is 0 Å². The summed E-state index contributed by atoms with van der Waals surface area (Å²) in [5.74, 6) is -1.01. The molecule has 1 unspecified atom stereocenters. The van der Waals surface area contributed by atoms with Gasteiger partial charge in [-0.25, -0.2) is 9.59 Å². The van der Waals surface area contributed by atoms with Crippen LogP contribution >= 0.6 is 0 Å². The third-order valence-corrected chi connectivity index (χ3v) is 2.71. The molecule has 0 fully saturated rings. The average molecular weight is 305 g/mol. The summed E-state index contributed by atoms with van der Waals surface area (Å²) in [5, 5.41) is 2.30. The van der Waals surface area contributed by atoms with Crippen molar-refractivity contribution in [3.63, 3.8) is 0 Å². The molecule has 1 atom stereocenters. The zero-order chi connectivity index (χ0) is 16.8. The van der Waals surface area contributed by atoms with Gasteiger partial charge in [-0.1, -0.05) is 36.9 Å². The van der Waals surface area contributed by atoms with E-state index in [0.29, 0.717) is 5.56 Å². The number of Topliss-reactive ketones (excluding diaryl/α,β-unsaturated/α-hetero) is 1. The van der Waals surface area contributed by atoms with E-state index in [1.165, 1.54) is 20.8 Å². The van der Waals surface area contributed by atoms with Crippen molar-refractivity contribution in [3.8, 4) is 0 Å². The molecule has 0 aliphatic heterocycles. The highest BCUT2D eigenvalue weighted by Gasteiger charge is 2.33. The lowest BCUT2D eigenvalue weighted by molar-refractivity contribution is -0.143. The van der Waals surface area contributed by atoms with Gasteiger partial charge in [-0.15, -0.1) is 0 Å². The van der Waals surface area contributed by atoms with Gasteiger partial charge in [0.25, 0.3) is 0 Å². The third-order valence-electron chi connectivity index (χ3n) is 2.71. The number of alkyl carbamates (subject to hydrolysis) is 1. The highest BCUT2D eigenvalue weighted by atomic mass is 16.6. The second-order valence-corrected chi connectivity index (χ2v) is 5.02. The van der Waals surface area contributed by atoms with E-state index in [-0.39, 0.29) is 5.78 Å². The van der Waals surface area contributed by atoms with Crippen LogP contribution in [0.15, 0.2) is 43.0 Å². The Morgan fingerprint density at radius 1 is 1.23 bits per heavy atom. The highest BCUT2D eigenvalue weighted by molar-refractivity contribution is 6.02. The van der Waals surface area contributed by atoms with Crippen molar-refractivity contribution >= 4 is 17.8 Å². The quantitative estimate of drug-likeness (QED) is 0.378. The first-order valence-corrected chi connectivity index (χ1v) is 6.68. The summed E-state index contributed by atoms with van der Waals surface area (Å²) in [6.45, 7) is 7.68. The topological polar surface area (TPSA) is 81.7 Å². The SMILES string of the molecule is C=CC(=O)OC(C)NC(=O)OC(C)(C)C(=O)c1ccccc1. The van der Waals surface area contributed by atoms with Crippen molar-refractivity contribution in [1.82, 2.24) is 5.32 Å². The Labute approximate surface area is 129 Å². The smallest absolute Gasteiger partial charge is 0.410 e. The van der Waals surface area contributed by atoms with E-state index in [1.807, 2.05) is 0 Å². The Morgan fingerprint density at radius 2 is 1.82 bits per heavy atom.